The van der Waals surface area contributed by atoms with Gasteiger partial charge in [0.05, 0.1) is 12.2 Å². The Bertz CT molecular complexity index is 1220. The zero-order valence-electron chi connectivity index (χ0n) is 20.3. The number of ether oxygens (including phenoxy) is 1. The molecule has 192 valence electrons. The minimum atomic E-state index is -4.39. The van der Waals surface area contributed by atoms with Crippen LogP contribution in [0.2, 0.25) is 0 Å². The lowest BCUT2D eigenvalue weighted by atomic mass is 9.88. The summed E-state index contributed by atoms with van der Waals surface area (Å²) in [5.41, 5.74) is 1.79. The SMILES string of the molecule is CCOC(=O)[C@H](NC(=O)N1CCC(c2cccc(C(F)(F)F)c2)CC1)[C@@H](C)c1c[nH]c2ccccc12. The molecule has 9 heteroatoms. The number of halogens is 3. The molecule has 2 atom stereocenters. The summed E-state index contributed by atoms with van der Waals surface area (Å²) in [5.74, 6) is -0.934. The standard InChI is InChI=1S/C27H30F3N3O3/c1-3-36-25(34)24(17(2)22-16-31-23-10-5-4-9-21(22)23)32-26(35)33-13-11-18(12-14-33)19-7-6-8-20(15-19)27(28,29)30/h4-10,15-18,24,31H,3,11-14H2,1-2H3,(H,32,35)/t17-,24+/m0/s1. The van der Waals surface area contributed by atoms with Crippen molar-refractivity contribution in [3.05, 3.63) is 71.4 Å². The number of amides is 2. The van der Waals surface area contributed by atoms with E-state index in [9.17, 15) is 22.8 Å². The molecule has 1 fully saturated rings. The Morgan fingerprint density at radius 3 is 2.56 bits per heavy atom. The summed E-state index contributed by atoms with van der Waals surface area (Å²) >= 11 is 0. The average molecular weight is 502 g/mol. The van der Waals surface area contributed by atoms with Crippen molar-refractivity contribution in [1.82, 2.24) is 15.2 Å². The van der Waals surface area contributed by atoms with Gasteiger partial charge in [0.15, 0.2) is 0 Å². The van der Waals surface area contributed by atoms with Gasteiger partial charge in [0.25, 0.3) is 0 Å². The van der Waals surface area contributed by atoms with Gasteiger partial charge in [0.2, 0.25) is 0 Å². The van der Waals surface area contributed by atoms with Crippen LogP contribution in [0.1, 0.15) is 55.2 Å². The Morgan fingerprint density at radius 2 is 1.86 bits per heavy atom. The number of para-hydroxylation sites is 1. The highest BCUT2D eigenvalue weighted by Crippen LogP contribution is 2.34. The number of likely N-dealkylation sites (tertiary alicyclic amines) is 1. The number of urea groups is 1. The Kier molecular flexibility index (Phi) is 7.56. The van der Waals surface area contributed by atoms with E-state index in [2.05, 4.69) is 10.3 Å². The van der Waals surface area contributed by atoms with E-state index in [1.165, 1.54) is 12.1 Å². The number of nitrogens with one attached hydrogen (secondary N) is 2. The number of aromatic nitrogens is 1. The highest BCUT2D eigenvalue weighted by molar-refractivity contribution is 5.88. The number of carbonyl (C=O) groups excluding carboxylic acids is 2. The molecule has 1 saturated heterocycles. The largest absolute Gasteiger partial charge is 0.464 e. The van der Waals surface area contributed by atoms with E-state index in [0.29, 0.717) is 31.5 Å². The first-order chi connectivity index (χ1) is 17.2. The van der Waals surface area contributed by atoms with Crippen LogP contribution in [-0.2, 0) is 15.7 Å². The van der Waals surface area contributed by atoms with Crippen molar-refractivity contribution in [3.63, 3.8) is 0 Å². The number of benzene rings is 2. The molecule has 0 aliphatic carbocycles. The molecule has 6 nitrogen and oxygen atoms in total. The lowest BCUT2D eigenvalue weighted by Gasteiger charge is -2.34. The van der Waals surface area contributed by atoms with Gasteiger partial charge < -0.3 is 19.9 Å². The van der Waals surface area contributed by atoms with Crippen molar-refractivity contribution in [2.24, 2.45) is 0 Å². The fourth-order valence-corrected chi connectivity index (χ4v) is 4.88. The number of H-pyrrole nitrogens is 1. The van der Waals surface area contributed by atoms with Crippen LogP contribution in [0.15, 0.2) is 54.7 Å². The van der Waals surface area contributed by atoms with Crippen LogP contribution in [0.25, 0.3) is 10.9 Å². The molecule has 1 aliphatic heterocycles. The fraction of sp³-hybridized carbons (Fsp3) is 0.407. The van der Waals surface area contributed by atoms with Crippen molar-refractivity contribution < 1.29 is 27.5 Å². The van der Waals surface area contributed by atoms with E-state index in [0.717, 1.165) is 22.5 Å². The van der Waals surface area contributed by atoms with Crippen molar-refractivity contribution in [2.45, 2.75) is 50.7 Å². The monoisotopic (exact) mass is 501 g/mol. The van der Waals surface area contributed by atoms with E-state index in [4.69, 9.17) is 4.74 Å². The number of hydrogen-bond acceptors (Lipinski definition) is 3. The minimum Gasteiger partial charge on any atom is -0.464 e. The van der Waals surface area contributed by atoms with Crippen LogP contribution < -0.4 is 5.32 Å². The Labute approximate surface area is 207 Å². The summed E-state index contributed by atoms with van der Waals surface area (Å²) in [6.45, 7) is 4.53. The maximum absolute atomic E-state index is 13.1. The lowest BCUT2D eigenvalue weighted by molar-refractivity contribution is -0.146. The molecule has 0 bridgehead atoms. The molecule has 3 aromatic rings. The number of piperidine rings is 1. The predicted octanol–water partition coefficient (Wildman–Crippen LogP) is 5.81. The predicted molar refractivity (Wildman–Crippen MR) is 131 cm³/mol. The van der Waals surface area contributed by atoms with Crippen molar-refractivity contribution in [3.8, 4) is 0 Å². The molecule has 2 amide bonds. The molecule has 36 heavy (non-hydrogen) atoms. The van der Waals surface area contributed by atoms with Crippen LogP contribution in [0, 0.1) is 0 Å². The van der Waals surface area contributed by atoms with Crippen LogP contribution in [-0.4, -0.2) is 47.6 Å². The second kappa shape index (κ2) is 10.6. The quantitative estimate of drug-likeness (QED) is 0.419. The molecule has 0 unspecified atom stereocenters. The highest BCUT2D eigenvalue weighted by atomic mass is 19.4. The molecule has 0 spiro atoms. The van der Waals surface area contributed by atoms with Gasteiger partial charge in [-0.15, -0.1) is 0 Å². The summed E-state index contributed by atoms with van der Waals surface area (Å²) in [7, 11) is 0. The highest BCUT2D eigenvalue weighted by Gasteiger charge is 2.34. The second-order valence-electron chi connectivity index (χ2n) is 9.14. The maximum atomic E-state index is 13.1. The van der Waals surface area contributed by atoms with E-state index >= 15 is 0 Å². The van der Waals surface area contributed by atoms with Crippen molar-refractivity contribution in [1.29, 1.82) is 0 Å². The molecule has 0 radical (unpaired) electrons. The fourth-order valence-electron chi connectivity index (χ4n) is 4.88. The number of nitrogens with zero attached hydrogens (tertiary/aromatic N) is 1. The van der Waals surface area contributed by atoms with E-state index in [-0.39, 0.29) is 24.5 Å². The van der Waals surface area contributed by atoms with Gasteiger partial charge in [0.1, 0.15) is 6.04 Å². The molecule has 1 aromatic heterocycles. The summed E-state index contributed by atoms with van der Waals surface area (Å²) < 4.78 is 44.6. The molecule has 4 rings (SSSR count). The first-order valence-electron chi connectivity index (χ1n) is 12.1. The zero-order valence-corrected chi connectivity index (χ0v) is 20.3. The molecule has 1 aliphatic rings. The van der Waals surface area contributed by atoms with Gasteiger partial charge in [-0.2, -0.15) is 13.2 Å². The zero-order chi connectivity index (χ0) is 25.9. The van der Waals surface area contributed by atoms with Gasteiger partial charge >= 0.3 is 18.2 Å². The van der Waals surface area contributed by atoms with Gasteiger partial charge in [0, 0.05) is 36.1 Å². The number of rotatable bonds is 6. The molecule has 2 heterocycles. The number of aromatic amines is 1. The van der Waals surface area contributed by atoms with E-state index < -0.39 is 23.8 Å². The Hall–Kier alpha value is -3.49. The summed E-state index contributed by atoms with van der Waals surface area (Å²) in [6, 6.07) is 11.8. The summed E-state index contributed by atoms with van der Waals surface area (Å²) in [4.78, 5) is 30.8. The smallest absolute Gasteiger partial charge is 0.416 e. The van der Waals surface area contributed by atoms with Crippen LogP contribution in [0.5, 0.6) is 0 Å². The summed E-state index contributed by atoms with van der Waals surface area (Å²) in [5, 5.41) is 3.83. The van der Waals surface area contributed by atoms with Gasteiger partial charge in [-0.25, -0.2) is 9.59 Å². The van der Waals surface area contributed by atoms with Gasteiger partial charge in [-0.3, -0.25) is 0 Å². The molecule has 0 saturated carbocycles. The molecular weight excluding hydrogens is 471 g/mol. The van der Waals surface area contributed by atoms with Crippen molar-refractivity contribution >= 4 is 22.9 Å². The summed E-state index contributed by atoms with van der Waals surface area (Å²) in [6.07, 6.45) is -1.47. The van der Waals surface area contributed by atoms with Crippen LogP contribution >= 0.6 is 0 Å². The van der Waals surface area contributed by atoms with Crippen LogP contribution in [0.4, 0.5) is 18.0 Å². The number of fused-ring (bicyclic) bond motifs is 1. The Morgan fingerprint density at radius 1 is 1.14 bits per heavy atom. The second-order valence-corrected chi connectivity index (χ2v) is 9.14. The number of esters is 1. The normalized spacial score (nSPS) is 16.5. The number of carbonyl (C=O) groups is 2. The van der Waals surface area contributed by atoms with E-state index in [1.807, 2.05) is 37.4 Å². The third kappa shape index (κ3) is 5.50. The van der Waals surface area contributed by atoms with E-state index in [1.54, 1.807) is 17.9 Å². The molecular formula is C27H30F3N3O3. The van der Waals surface area contributed by atoms with Crippen LogP contribution in [0.3, 0.4) is 0 Å². The third-order valence-electron chi connectivity index (χ3n) is 6.90. The number of hydrogen-bond donors (Lipinski definition) is 2. The average Bonchev–Trinajstić information content (AvgIpc) is 3.31. The maximum Gasteiger partial charge on any atom is 0.416 e. The lowest BCUT2D eigenvalue weighted by Crippen LogP contribution is -2.52. The minimum absolute atomic E-state index is 0.0673. The Balaban J connectivity index is 1.44. The number of alkyl halides is 3. The van der Waals surface area contributed by atoms with Crippen molar-refractivity contribution in [2.75, 3.05) is 19.7 Å². The topological polar surface area (TPSA) is 74.4 Å². The first-order valence-corrected chi connectivity index (χ1v) is 12.1. The first kappa shape index (κ1) is 25.6. The molecule has 2 N–H and O–H groups in total. The van der Waals surface area contributed by atoms with Gasteiger partial charge in [-0.05, 0) is 48.9 Å². The van der Waals surface area contributed by atoms with Gasteiger partial charge in [-0.1, -0.05) is 43.3 Å². The third-order valence-corrected chi connectivity index (χ3v) is 6.90. The molecule has 2 aromatic carbocycles.